The second-order valence-electron chi connectivity index (χ2n) is 2.62. The zero-order chi connectivity index (χ0) is 5.98. The van der Waals surface area contributed by atoms with E-state index in [1.807, 2.05) is 0 Å². The van der Waals surface area contributed by atoms with Crippen molar-refractivity contribution in [3.8, 4) is 0 Å². The van der Waals surface area contributed by atoms with Crippen LogP contribution in [-0.2, 0) is 0 Å². The van der Waals surface area contributed by atoms with E-state index in [0.29, 0.717) is 0 Å². The quantitative estimate of drug-likeness (QED) is 0.395. The lowest BCUT2D eigenvalue weighted by atomic mass is 10.5. The van der Waals surface area contributed by atoms with Crippen LogP contribution in [0.2, 0.25) is 12.1 Å². The van der Waals surface area contributed by atoms with Crippen molar-refractivity contribution < 1.29 is 0 Å². The Morgan fingerprint density at radius 3 is 2.38 bits per heavy atom. The highest BCUT2D eigenvalue weighted by molar-refractivity contribution is 14.1. The van der Waals surface area contributed by atoms with E-state index in [2.05, 4.69) is 29.5 Å². The van der Waals surface area contributed by atoms with Gasteiger partial charge in [0.05, 0.1) is 8.80 Å². The summed E-state index contributed by atoms with van der Waals surface area (Å²) in [6.07, 6.45) is 2.98. The topological polar surface area (TPSA) is 0 Å². The van der Waals surface area contributed by atoms with Crippen molar-refractivity contribution in [1.82, 2.24) is 0 Å². The Bertz CT molecular complexity index is 68.2. The van der Waals surface area contributed by atoms with E-state index in [-0.39, 0.29) is 8.80 Å². The number of alkyl halides is 1. The smallest absolute Gasteiger partial charge is 0.0516 e. The minimum absolute atomic E-state index is 0.108. The molecule has 2 heteroatoms. The number of hydrogen-bond donors (Lipinski definition) is 0. The second kappa shape index (κ2) is 3.20. The molecular formula is C6H13ISi. The highest BCUT2D eigenvalue weighted by atomic mass is 127. The van der Waals surface area contributed by atoms with Gasteiger partial charge in [0, 0.05) is 3.55 Å². The highest BCUT2D eigenvalue weighted by Gasteiger charge is 2.24. The Hall–Kier alpha value is 0.947. The van der Waals surface area contributed by atoms with Crippen molar-refractivity contribution in [2.75, 3.05) is 0 Å². The minimum Gasteiger partial charge on any atom is -0.0864 e. The molecule has 1 heterocycles. The summed E-state index contributed by atoms with van der Waals surface area (Å²) in [6.45, 7) is 2.32. The molecule has 0 amide bonds. The molecule has 0 aliphatic carbocycles. The van der Waals surface area contributed by atoms with Gasteiger partial charge in [0.15, 0.2) is 0 Å². The molecule has 0 nitrogen and oxygen atoms in total. The van der Waals surface area contributed by atoms with Gasteiger partial charge in [-0.05, 0) is 6.42 Å². The Balaban J connectivity index is 2.13. The predicted octanol–water partition coefficient (Wildman–Crippen LogP) is 2.37. The van der Waals surface area contributed by atoms with E-state index in [9.17, 15) is 0 Å². The van der Waals surface area contributed by atoms with E-state index >= 15 is 0 Å². The van der Waals surface area contributed by atoms with Crippen LogP contribution < -0.4 is 0 Å². The summed E-state index contributed by atoms with van der Waals surface area (Å²) in [5, 5.41) is 0. The number of rotatable bonds is 2. The summed E-state index contributed by atoms with van der Waals surface area (Å²) in [6, 6.07) is 3.28. The zero-order valence-electron chi connectivity index (χ0n) is 5.36. The van der Waals surface area contributed by atoms with Crippen LogP contribution in [0.15, 0.2) is 0 Å². The Kier molecular flexibility index (Phi) is 2.82. The highest BCUT2D eigenvalue weighted by Crippen LogP contribution is 2.28. The third kappa shape index (κ3) is 1.47. The molecule has 0 aromatic carbocycles. The van der Waals surface area contributed by atoms with Crippen LogP contribution in [0.5, 0.6) is 0 Å². The first kappa shape index (κ1) is 7.06. The van der Waals surface area contributed by atoms with E-state index in [4.69, 9.17) is 0 Å². The molecule has 1 saturated heterocycles. The van der Waals surface area contributed by atoms with Crippen molar-refractivity contribution >= 4 is 31.4 Å². The normalized spacial score (nSPS) is 24.8. The summed E-state index contributed by atoms with van der Waals surface area (Å²) in [5.41, 5.74) is 0. The third-order valence-electron chi connectivity index (χ3n) is 2.05. The summed E-state index contributed by atoms with van der Waals surface area (Å²) >= 11 is 2.64. The fraction of sp³-hybridized carbons (Fsp3) is 1.00. The Morgan fingerprint density at radius 2 is 2.25 bits per heavy atom. The monoisotopic (exact) mass is 240 g/mol. The van der Waals surface area contributed by atoms with Crippen LogP contribution in [0.25, 0.3) is 0 Å². The van der Waals surface area contributed by atoms with Crippen LogP contribution in [0, 0.1) is 0 Å². The molecule has 0 bridgehead atoms. The summed E-state index contributed by atoms with van der Waals surface area (Å²) in [7, 11) is -0.108. The molecule has 1 unspecified atom stereocenters. The first-order valence-corrected chi connectivity index (χ1v) is 7.03. The molecule has 1 atom stereocenters. The Labute approximate surface area is 66.8 Å². The molecule has 0 aromatic rings. The zero-order valence-corrected chi connectivity index (χ0v) is 8.67. The average molecular weight is 240 g/mol. The van der Waals surface area contributed by atoms with Crippen molar-refractivity contribution in [2.45, 2.75) is 35.4 Å². The molecular weight excluding hydrogens is 227 g/mol. The summed E-state index contributed by atoms with van der Waals surface area (Å²) in [4.78, 5) is 0. The maximum Gasteiger partial charge on any atom is 0.0516 e. The van der Waals surface area contributed by atoms with E-state index in [0.717, 1.165) is 3.55 Å². The molecule has 1 aliphatic heterocycles. The van der Waals surface area contributed by atoms with Gasteiger partial charge in [-0.2, -0.15) is 0 Å². The number of hydrogen-bond acceptors (Lipinski definition) is 0. The Morgan fingerprint density at radius 1 is 1.62 bits per heavy atom. The molecule has 8 heavy (non-hydrogen) atoms. The van der Waals surface area contributed by atoms with Crippen LogP contribution in [0.3, 0.4) is 0 Å². The lowest BCUT2D eigenvalue weighted by Crippen LogP contribution is -2.31. The van der Waals surface area contributed by atoms with Gasteiger partial charge in [0.2, 0.25) is 0 Å². The molecule has 1 rings (SSSR count). The molecule has 0 radical (unpaired) electrons. The molecule has 0 saturated carbocycles. The molecule has 0 N–H and O–H groups in total. The molecule has 0 spiro atoms. The van der Waals surface area contributed by atoms with E-state index in [1.165, 1.54) is 6.42 Å². The fourth-order valence-electron chi connectivity index (χ4n) is 1.13. The number of halogens is 1. The minimum atomic E-state index is -0.108. The van der Waals surface area contributed by atoms with Crippen molar-refractivity contribution in [1.29, 1.82) is 0 Å². The fourth-order valence-corrected chi connectivity index (χ4v) is 5.56. The van der Waals surface area contributed by atoms with Gasteiger partial charge in [-0.25, -0.2) is 0 Å². The standard InChI is InChI=1S/C6H13ISi/c1-2-6(7)8-4-3-5-8/h6,8H,2-5H2,1H3. The van der Waals surface area contributed by atoms with Crippen molar-refractivity contribution in [3.63, 3.8) is 0 Å². The summed E-state index contributed by atoms with van der Waals surface area (Å²) in [5.74, 6) is 0. The lowest BCUT2D eigenvalue weighted by Gasteiger charge is -2.27. The van der Waals surface area contributed by atoms with E-state index < -0.39 is 0 Å². The molecule has 1 fully saturated rings. The van der Waals surface area contributed by atoms with Crippen LogP contribution in [-0.4, -0.2) is 12.3 Å². The predicted molar refractivity (Wildman–Crippen MR) is 49.5 cm³/mol. The van der Waals surface area contributed by atoms with Gasteiger partial charge < -0.3 is 0 Å². The summed E-state index contributed by atoms with van der Waals surface area (Å²) < 4.78 is 1.11. The lowest BCUT2D eigenvalue weighted by molar-refractivity contribution is 0.891. The van der Waals surface area contributed by atoms with Gasteiger partial charge in [0.25, 0.3) is 0 Å². The second-order valence-corrected chi connectivity index (χ2v) is 9.05. The maximum atomic E-state index is 2.64. The maximum absolute atomic E-state index is 2.64. The third-order valence-corrected chi connectivity index (χ3v) is 9.78. The molecule has 0 aromatic heterocycles. The van der Waals surface area contributed by atoms with Gasteiger partial charge in [0.1, 0.15) is 0 Å². The first-order chi connectivity index (χ1) is 3.84. The molecule has 48 valence electrons. The molecule has 1 aliphatic rings. The van der Waals surface area contributed by atoms with Crippen LogP contribution in [0.4, 0.5) is 0 Å². The average Bonchev–Trinajstić information content (AvgIpc) is 1.62. The SMILES string of the molecule is CCC(I)[SiH]1CCC1. The van der Waals surface area contributed by atoms with Crippen LogP contribution in [0.1, 0.15) is 19.8 Å². The van der Waals surface area contributed by atoms with Crippen molar-refractivity contribution in [3.05, 3.63) is 0 Å². The largest absolute Gasteiger partial charge is 0.0864 e. The van der Waals surface area contributed by atoms with Crippen LogP contribution >= 0.6 is 22.6 Å². The van der Waals surface area contributed by atoms with E-state index in [1.54, 1.807) is 18.5 Å². The first-order valence-electron chi connectivity index (χ1n) is 3.48. The van der Waals surface area contributed by atoms with Gasteiger partial charge in [-0.1, -0.05) is 48.0 Å². The van der Waals surface area contributed by atoms with Gasteiger partial charge >= 0.3 is 0 Å². The van der Waals surface area contributed by atoms with Crippen molar-refractivity contribution in [2.24, 2.45) is 0 Å². The van der Waals surface area contributed by atoms with Gasteiger partial charge in [-0.3, -0.25) is 0 Å². The van der Waals surface area contributed by atoms with Gasteiger partial charge in [-0.15, -0.1) is 0 Å².